The number of aryl methyl sites for hydroxylation is 2. The van der Waals surface area contributed by atoms with Crippen LogP contribution in [0.15, 0.2) is 24.5 Å². The summed E-state index contributed by atoms with van der Waals surface area (Å²) in [6, 6.07) is 4.71. The molecule has 0 fully saturated rings. The molecule has 0 saturated heterocycles. The van der Waals surface area contributed by atoms with Gasteiger partial charge in [0.1, 0.15) is 6.54 Å². The van der Waals surface area contributed by atoms with Crippen LogP contribution in [-0.4, -0.2) is 0 Å². The van der Waals surface area contributed by atoms with E-state index in [1.807, 2.05) is 0 Å². The normalized spacial score (nSPS) is 10.9. The molecule has 1 aromatic heterocycles. The number of unbranched alkanes of at least 4 members (excludes halogenated alkanes) is 19. The summed E-state index contributed by atoms with van der Waals surface area (Å²) in [5.74, 6) is 0. The molecule has 0 unspecified atom stereocenters. The van der Waals surface area contributed by atoms with Gasteiger partial charge in [0, 0.05) is 18.6 Å². The maximum absolute atomic E-state index is 2.38. The first-order valence-corrected chi connectivity index (χ1v) is 14.3. The topological polar surface area (TPSA) is 3.88 Å². The van der Waals surface area contributed by atoms with E-state index in [9.17, 15) is 0 Å². The predicted octanol–water partition coefficient (Wildman–Crippen LogP) is 6.75. The molecular formula is C30H56ClN. The quantitative estimate of drug-likeness (QED) is 0.124. The zero-order valence-corrected chi connectivity index (χ0v) is 22.7. The Kier molecular flexibility index (Phi) is 24.6. The number of halogens is 1. The second-order valence-electron chi connectivity index (χ2n) is 9.91. The van der Waals surface area contributed by atoms with E-state index >= 15 is 0 Å². The van der Waals surface area contributed by atoms with Crippen LogP contribution in [-0.2, 0) is 13.0 Å². The van der Waals surface area contributed by atoms with Crippen molar-refractivity contribution in [3.63, 3.8) is 0 Å². The molecule has 1 rings (SSSR count). The van der Waals surface area contributed by atoms with E-state index in [0.717, 1.165) is 0 Å². The van der Waals surface area contributed by atoms with Crippen molar-refractivity contribution < 1.29 is 17.0 Å². The first-order chi connectivity index (χ1) is 15.4. The molecule has 188 valence electrons. The number of pyridine rings is 1. The van der Waals surface area contributed by atoms with Crippen LogP contribution in [0.1, 0.15) is 154 Å². The molecule has 0 N–H and O–H groups in total. The average molecular weight is 466 g/mol. The third-order valence-electron chi connectivity index (χ3n) is 6.80. The zero-order chi connectivity index (χ0) is 22.2. The molecule has 0 atom stereocenters. The van der Waals surface area contributed by atoms with Crippen LogP contribution >= 0.6 is 0 Å². The molecule has 0 bridgehead atoms. The van der Waals surface area contributed by atoms with Crippen LogP contribution < -0.4 is 17.0 Å². The molecule has 0 aliphatic rings. The molecule has 0 aliphatic heterocycles. The van der Waals surface area contributed by atoms with Gasteiger partial charge in [0.25, 0.3) is 0 Å². The Balaban J connectivity index is 0.00000961. The van der Waals surface area contributed by atoms with Crippen molar-refractivity contribution in [1.29, 1.82) is 0 Å². The van der Waals surface area contributed by atoms with E-state index in [0.29, 0.717) is 0 Å². The van der Waals surface area contributed by atoms with Gasteiger partial charge in [-0.05, 0) is 24.8 Å². The molecule has 0 amide bonds. The SMILES string of the molecule is CCCCCCCCCCCCCc1cc[n+](CCCCCCCCCCCC)cc1.[Cl-]. The van der Waals surface area contributed by atoms with Crippen molar-refractivity contribution in [3.05, 3.63) is 30.1 Å². The van der Waals surface area contributed by atoms with E-state index in [4.69, 9.17) is 0 Å². The summed E-state index contributed by atoms with van der Waals surface area (Å²) >= 11 is 0. The van der Waals surface area contributed by atoms with Gasteiger partial charge in [-0.2, -0.15) is 0 Å². The number of aromatic nitrogens is 1. The Bertz CT molecular complexity index is 470. The summed E-state index contributed by atoms with van der Waals surface area (Å²) in [5, 5.41) is 0. The van der Waals surface area contributed by atoms with E-state index in [1.54, 1.807) is 0 Å². The van der Waals surface area contributed by atoms with Gasteiger partial charge in [0.05, 0.1) is 0 Å². The van der Waals surface area contributed by atoms with Gasteiger partial charge in [0.2, 0.25) is 0 Å². The minimum atomic E-state index is 0. The summed E-state index contributed by atoms with van der Waals surface area (Å²) < 4.78 is 2.38. The predicted molar refractivity (Wildman–Crippen MR) is 139 cm³/mol. The average Bonchev–Trinajstić information content (AvgIpc) is 2.79. The Morgan fingerprint density at radius 1 is 0.469 bits per heavy atom. The Labute approximate surface area is 208 Å². The molecule has 2 heteroatoms. The van der Waals surface area contributed by atoms with Crippen LogP contribution in [0.25, 0.3) is 0 Å². The van der Waals surface area contributed by atoms with Crippen molar-refractivity contribution in [2.45, 2.75) is 162 Å². The summed E-state index contributed by atoms with van der Waals surface area (Å²) in [5.41, 5.74) is 1.52. The number of hydrogen-bond acceptors (Lipinski definition) is 0. The van der Waals surface area contributed by atoms with Crippen molar-refractivity contribution in [3.8, 4) is 0 Å². The highest BCUT2D eigenvalue weighted by Crippen LogP contribution is 2.13. The van der Waals surface area contributed by atoms with Gasteiger partial charge in [0.15, 0.2) is 12.4 Å². The molecule has 0 spiro atoms. The molecule has 0 saturated carbocycles. The monoisotopic (exact) mass is 465 g/mol. The van der Waals surface area contributed by atoms with Crippen LogP contribution in [0.4, 0.5) is 0 Å². The minimum Gasteiger partial charge on any atom is -1.00 e. The summed E-state index contributed by atoms with van der Waals surface area (Å²) in [6.45, 7) is 5.78. The molecule has 32 heavy (non-hydrogen) atoms. The fourth-order valence-corrected chi connectivity index (χ4v) is 4.58. The van der Waals surface area contributed by atoms with Crippen LogP contribution in [0.3, 0.4) is 0 Å². The fraction of sp³-hybridized carbons (Fsp3) is 0.833. The first kappa shape index (κ1) is 31.4. The van der Waals surface area contributed by atoms with Gasteiger partial charge in [-0.1, -0.05) is 129 Å². The zero-order valence-electron chi connectivity index (χ0n) is 21.9. The lowest BCUT2D eigenvalue weighted by atomic mass is 10.0. The maximum Gasteiger partial charge on any atom is 0.169 e. The smallest absolute Gasteiger partial charge is 0.169 e. The standard InChI is InChI=1S/C30H56N.ClH/c1-3-5-7-9-11-13-15-16-18-20-22-24-30-25-28-31(29-26-30)27-23-21-19-17-14-12-10-8-6-4-2;/h25-26,28-29H,3-24,27H2,1-2H3;1H/q+1;/p-1. The number of hydrogen-bond donors (Lipinski definition) is 0. The Morgan fingerprint density at radius 3 is 1.22 bits per heavy atom. The van der Waals surface area contributed by atoms with Gasteiger partial charge < -0.3 is 12.4 Å². The van der Waals surface area contributed by atoms with Gasteiger partial charge in [-0.15, -0.1) is 0 Å². The molecule has 0 radical (unpaired) electrons. The third-order valence-corrected chi connectivity index (χ3v) is 6.80. The number of rotatable bonds is 23. The summed E-state index contributed by atoms with van der Waals surface area (Å²) in [4.78, 5) is 0. The molecule has 0 aromatic carbocycles. The summed E-state index contributed by atoms with van der Waals surface area (Å²) in [7, 11) is 0. The third kappa shape index (κ3) is 20.1. The minimum absolute atomic E-state index is 0. The van der Waals surface area contributed by atoms with Crippen molar-refractivity contribution >= 4 is 0 Å². The Morgan fingerprint density at radius 2 is 0.812 bits per heavy atom. The van der Waals surface area contributed by atoms with E-state index in [2.05, 4.69) is 42.9 Å². The summed E-state index contributed by atoms with van der Waals surface area (Å²) in [6.07, 6.45) is 35.8. The lowest BCUT2D eigenvalue weighted by Crippen LogP contribution is -3.00. The highest BCUT2D eigenvalue weighted by atomic mass is 35.5. The Hall–Kier alpha value is -0.560. The van der Waals surface area contributed by atoms with E-state index in [1.165, 1.54) is 153 Å². The van der Waals surface area contributed by atoms with Crippen molar-refractivity contribution in [1.82, 2.24) is 0 Å². The molecule has 1 heterocycles. The lowest BCUT2D eigenvalue weighted by Gasteiger charge is -2.04. The van der Waals surface area contributed by atoms with E-state index in [-0.39, 0.29) is 12.4 Å². The maximum atomic E-state index is 2.38. The number of nitrogens with zero attached hydrogens (tertiary/aromatic N) is 1. The van der Waals surface area contributed by atoms with Crippen LogP contribution in [0.5, 0.6) is 0 Å². The molecular weight excluding hydrogens is 410 g/mol. The van der Waals surface area contributed by atoms with Crippen LogP contribution in [0.2, 0.25) is 0 Å². The second-order valence-corrected chi connectivity index (χ2v) is 9.91. The second kappa shape index (κ2) is 25.1. The first-order valence-electron chi connectivity index (χ1n) is 14.3. The highest BCUT2D eigenvalue weighted by molar-refractivity contribution is 5.07. The lowest BCUT2D eigenvalue weighted by molar-refractivity contribution is -0.697. The van der Waals surface area contributed by atoms with Gasteiger partial charge in [-0.25, -0.2) is 4.57 Å². The van der Waals surface area contributed by atoms with Gasteiger partial charge >= 0.3 is 0 Å². The van der Waals surface area contributed by atoms with Crippen molar-refractivity contribution in [2.24, 2.45) is 0 Å². The highest BCUT2D eigenvalue weighted by Gasteiger charge is 2.02. The van der Waals surface area contributed by atoms with Gasteiger partial charge in [-0.3, -0.25) is 0 Å². The fourth-order valence-electron chi connectivity index (χ4n) is 4.58. The van der Waals surface area contributed by atoms with Crippen LogP contribution in [0, 0.1) is 0 Å². The molecule has 0 aliphatic carbocycles. The molecule has 1 nitrogen and oxygen atoms in total. The van der Waals surface area contributed by atoms with Crippen molar-refractivity contribution in [2.75, 3.05) is 0 Å². The molecule has 1 aromatic rings. The largest absolute Gasteiger partial charge is 1.00 e. The van der Waals surface area contributed by atoms with E-state index < -0.39 is 0 Å².